The summed E-state index contributed by atoms with van der Waals surface area (Å²) in [7, 11) is -0.381. The molecule has 0 saturated carbocycles. The monoisotopic (exact) mass is 302 g/mol. The predicted molar refractivity (Wildman–Crippen MR) is 90.6 cm³/mol. The quantitative estimate of drug-likeness (QED) is 0.787. The second kappa shape index (κ2) is 5.53. The number of pyridine rings is 1. The molecule has 0 spiro atoms. The summed E-state index contributed by atoms with van der Waals surface area (Å²) in [5.74, 6) is 0.834. The van der Waals surface area contributed by atoms with Crippen LogP contribution in [-0.4, -0.2) is 36.4 Å². The number of nitrogens with zero attached hydrogens (tertiary/aromatic N) is 2. The summed E-state index contributed by atoms with van der Waals surface area (Å²) in [6.45, 7) is 12.9. The first kappa shape index (κ1) is 15.8. The number of hydrogen-bond donors (Lipinski definition) is 0. The Morgan fingerprint density at radius 1 is 1.14 bits per heavy atom. The van der Waals surface area contributed by atoms with Crippen LogP contribution in [0.4, 0.5) is 5.69 Å². The minimum absolute atomic E-state index is 0.324. The zero-order valence-corrected chi connectivity index (χ0v) is 14.4. The van der Waals surface area contributed by atoms with Gasteiger partial charge >= 0.3 is 7.12 Å². The van der Waals surface area contributed by atoms with Gasteiger partial charge in [0, 0.05) is 25.0 Å². The van der Waals surface area contributed by atoms with Gasteiger partial charge in [-0.15, -0.1) is 0 Å². The van der Waals surface area contributed by atoms with E-state index >= 15 is 0 Å². The number of hydrogen-bond acceptors (Lipinski definition) is 4. The molecule has 1 aromatic heterocycles. The zero-order chi connectivity index (χ0) is 16.0. The second-order valence-electron chi connectivity index (χ2n) is 7.70. The van der Waals surface area contributed by atoms with Crippen LogP contribution >= 0.6 is 0 Å². The van der Waals surface area contributed by atoms with Gasteiger partial charge in [-0.3, -0.25) is 4.98 Å². The largest absolute Gasteiger partial charge is 0.514 e. The molecule has 0 amide bonds. The summed E-state index contributed by atoms with van der Waals surface area (Å²) >= 11 is 0. The lowest BCUT2D eigenvalue weighted by Gasteiger charge is -2.32. The summed E-state index contributed by atoms with van der Waals surface area (Å²) in [4.78, 5) is 6.93. The van der Waals surface area contributed by atoms with Crippen molar-refractivity contribution in [1.82, 2.24) is 4.98 Å². The van der Waals surface area contributed by atoms with E-state index in [0.29, 0.717) is 0 Å². The number of aromatic nitrogens is 1. The van der Waals surface area contributed by atoms with Crippen LogP contribution in [0.5, 0.6) is 0 Å². The van der Waals surface area contributed by atoms with Crippen LogP contribution in [0.1, 0.15) is 47.5 Å². The van der Waals surface area contributed by atoms with Crippen LogP contribution in [0.25, 0.3) is 0 Å². The highest BCUT2D eigenvalue weighted by Crippen LogP contribution is 2.36. The van der Waals surface area contributed by atoms with E-state index in [4.69, 9.17) is 9.31 Å². The summed E-state index contributed by atoms with van der Waals surface area (Å²) in [6.07, 6.45) is 4.38. The molecule has 1 aromatic rings. The molecule has 0 N–H and O–H groups in total. The van der Waals surface area contributed by atoms with E-state index in [-0.39, 0.29) is 18.3 Å². The van der Waals surface area contributed by atoms with Crippen molar-refractivity contribution < 1.29 is 9.31 Å². The molecule has 22 heavy (non-hydrogen) atoms. The molecule has 2 aliphatic rings. The first-order valence-electron chi connectivity index (χ1n) is 8.35. The molecule has 0 radical (unpaired) electrons. The average molecular weight is 302 g/mol. The number of rotatable bonds is 2. The Bertz CT molecular complexity index is 523. The van der Waals surface area contributed by atoms with Crippen LogP contribution < -0.4 is 10.5 Å². The molecule has 2 aliphatic heterocycles. The standard InChI is InChI=1S/C17H27BN2O2/c1-13-7-10-20(11-8-13)14-6-9-19-15(12-14)18-21-16(2,3)17(4,5)22-18/h6,9,12-13H,7-8,10-11H2,1-5H3. The molecule has 2 fully saturated rings. The van der Waals surface area contributed by atoms with Crippen LogP contribution in [0, 0.1) is 5.92 Å². The van der Waals surface area contributed by atoms with E-state index in [0.717, 1.165) is 24.6 Å². The van der Waals surface area contributed by atoms with Crippen molar-refractivity contribution in [3.8, 4) is 0 Å². The van der Waals surface area contributed by atoms with Crippen LogP contribution in [-0.2, 0) is 9.31 Å². The average Bonchev–Trinajstić information content (AvgIpc) is 2.68. The smallest absolute Gasteiger partial charge is 0.398 e. The van der Waals surface area contributed by atoms with Gasteiger partial charge in [0.05, 0.1) is 16.8 Å². The van der Waals surface area contributed by atoms with Gasteiger partial charge in [-0.05, 0) is 58.6 Å². The number of piperidine rings is 1. The minimum Gasteiger partial charge on any atom is -0.398 e. The lowest BCUT2D eigenvalue weighted by Crippen LogP contribution is -2.41. The maximum absolute atomic E-state index is 6.11. The van der Waals surface area contributed by atoms with Crippen molar-refractivity contribution in [1.29, 1.82) is 0 Å². The first-order chi connectivity index (χ1) is 10.3. The molecule has 2 saturated heterocycles. The number of anilines is 1. The van der Waals surface area contributed by atoms with E-state index in [1.807, 2.05) is 6.20 Å². The predicted octanol–water partition coefficient (Wildman–Crippen LogP) is 2.62. The highest BCUT2D eigenvalue weighted by molar-refractivity contribution is 6.61. The van der Waals surface area contributed by atoms with E-state index in [2.05, 4.69) is 56.6 Å². The molecule has 0 unspecified atom stereocenters. The van der Waals surface area contributed by atoms with Gasteiger partial charge in [0.2, 0.25) is 0 Å². The molecule has 0 bridgehead atoms. The fourth-order valence-corrected chi connectivity index (χ4v) is 2.99. The lowest BCUT2D eigenvalue weighted by atomic mass is 9.84. The third-order valence-electron chi connectivity index (χ3n) is 5.41. The van der Waals surface area contributed by atoms with Gasteiger partial charge in [0.1, 0.15) is 0 Å². The molecule has 120 valence electrons. The fraction of sp³-hybridized carbons (Fsp3) is 0.706. The Labute approximate surface area is 134 Å². The Morgan fingerprint density at radius 3 is 2.32 bits per heavy atom. The van der Waals surface area contributed by atoms with Gasteiger partial charge in [0.15, 0.2) is 0 Å². The van der Waals surface area contributed by atoms with E-state index in [9.17, 15) is 0 Å². The lowest BCUT2D eigenvalue weighted by molar-refractivity contribution is 0.00578. The Morgan fingerprint density at radius 2 is 1.73 bits per heavy atom. The van der Waals surface area contributed by atoms with E-state index in [1.165, 1.54) is 18.5 Å². The first-order valence-corrected chi connectivity index (χ1v) is 8.35. The molecular weight excluding hydrogens is 275 g/mol. The third-order valence-corrected chi connectivity index (χ3v) is 5.41. The van der Waals surface area contributed by atoms with Crippen LogP contribution in [0.2, 0.25) is 0 Å². The highest BCUT2D eigenvalue weighted by atomic mass is 16.7. The highest BCUT2D eigenvalue weighted by Gasteiger charge is 2.52. The van der Waals surface area contributed by atoms with Gasteiger partial charge in [-0.1, -0.05) is 6.92 Å². The van der Waals surface area contributed by atoms with Crippen LogP contribution in [0.15, 0.2) is 18.3 Å². The minimum atomic E-state index is -0.381. The van der Waals surface area contributed by atoms with Crippen molar-refractivity contribution in [3.05, 3.63) is 18.3 Å². The molecular formula is C17H27BN2O2. The molecule has 0 aromatic carbocycles. The van der Waals surface area contributed by atoms with Gasteiger partial charge in [-0.2, -0.15) is 0 Å². The Balaban J connectivity index is 1.78. The Hall–Kier alpha value is -1.07. The van der Waals surface area contributed by atoms with Crippen LogP contribution in [0.3, 0.4) is 0 Å². The molecule has 5 heteroatoms. The molecule has 0 aliphatic carbocycles. The summed E-state index contributed by atoms with van der Waals surface area (Å²) in [5, 5.41) is 0. The fourth-order valence-electron chi connectivity index (χ4n) is 2.99. The summed E-state index contributed by atoms with van der Waals surface area (Å²) in [5.41, 5.74) is 1.45. The topological polar surface area (TPSA) is 34.6 Å². The van der Waals surface area contributed by atoms with E-state index < -0.39 is 0 Å². The van der Waals surface area contributed by atoms with Crippen molar-refractivity contribution in [2.45, 2.75) is 58.7 Å². The molecule has 3 heterocycles. The molecule has 4 nitrogen and oxygen atoms in total. The molecule has 0 atom stereocenters. The Kier molecular flexibility index (Phi) is 3.98. The van der Waals surface area contributed by atoms with Crippen molar-refractivity contribution >= 4 is 18.4 Å². The molecule has 3 rings (SSSR count). The van der Waals surface area contributed by atoms with Crippen molar-refractivity contribution in [2.24, 2.45) is 5.92 Å². The van der Waals surface area contributed by atoms with Crippen molar-refractivity contribution in [2.75, 3.05) is 18.0 Å². The summed E-state index contributed by atoms with van der Waals surface area (Å²) < 4.78 is 12.2. The van der Waals surface area contributed by atoms with Gasteiger partial charge in [-0.25, -0.2) is 0 Å². The summed E-state index contributed by atoms with van der Waals surface area (Å²) in [6, 6.07) is 4.21. The normalized spacial score (nSPS) is 24.8. The van der Waals surface area contributed by atoms with Gasteiger partial charge in [0.25, 0.3) is 0 Å². The third kappa shape index (κ3) is 2.89. The SMILES string of the molecule is CC1CCN(c2ccnc(B3OC(C)(C)C(C)(C)O3)c2)CC1. The maximum Gasteiger partial charge on any atom is 0.514 e. The zero-order valence-electron chi connectivity index (χ0n) is 14.4. The van der Waals surface area contributed by atoms with Gasteiger partial charge < -0.3 is 14.2 Å². The van der Waals surface area contributed by atoms with E-state index in [1.54, 1.807) is 0 Å². The maximum atomic E-state index is 6.11. The van der Waals surface area contributed by atoms with Crippen molar-refractivity contribution in [3.63, 3.8) is 0 Å². The second-order valence-corrected chi connectivity index (χ2v) is 7.70.